The van der Waals surface area contributed by atoms with Gasteiger partial charge in [0.05, 0.1) is 10.7 Å². The van der Waals surface area contributed by atoms with E-state index in [4.69, 9.17) is 5.73 Å². The van der Waals surface area contributed by atoms with E-state index < -0.39 is 0 Å². The first-order chi connectivity index (χ1) is 10.4. The molecule has 118 valence electrons. The molecule has 4 nitrogen and oxygen atoms in total. The minimum Gasteiger partial charge on any atom is -0.337 e. The van der Waals surface area contributed by atoms with Crippen molar-refractivity contribution in [3.8, 4) is 0 Å². The summed E-state index contributed by atoms with van der Waals surface area (Å²) in [4.78, 5) is 19.2. The van der Waals surface area contributed by atoms with Crippen LogP contribution in [0.15, 0.2) is 24.3 Å². The Hall–Kier alpha value is -1.79. The number of amides is 1. The molecule has 0 radical (unpaired) electrons. The third kappa shape index (κ3) is 3.69. The molecule has 1 amide bonds. The molecule has 0 saturated heterocycles. The minimum atomic E-state index is -0.257. The first-order valence-electron chi connectivity index (χ1n) is 7.10. The molecule has 0 aliphatic rings. The van der Waals surface area contributed by atoms with Gasteiger partial charge in [0.25, 0.3) is 5.91 Å². The second-order valence-corrected chi connectivity index (χ2v) is 6.41. The minimum absolute atomic E-state index is 0.0189. The Morgan fingerprint density at radius 3 is 2.64 bits per heavy atom. The van der Waals surface area contributed by atoms with E-state index in [0.29, 0.717) is 17.8 Å². The number of carbonyl (C=O) groups excluding carboxylic acids is 1. The molecule has 1 unspecified atom stereocenters. The summed E-state index contributed by atoms with van der Waals surface area (Å²) in [6, 6.07) is 6.30. The molecule has 2 N–H and O–H groups in total. The number of nitrogens with two attached hydrogens (primary N) is 1. The van der Waals surface area contributed by atoms with Crippen LogP contribution < -0.4 is 5.73 Å². The summed E-state index contributed by atoms with van der Waals surface area (Å²) in [7, 11) is 1.75. The van der Waals surface area contributed by atoms with Crippen molar-refractivity contribution in [3.05, 3.63) is 51.2 Å². The van der Waals surface area contributed by atoms with Crippen LogP contribution in [0.2, 0.25) is 0 Å². The molecule has 0 spiro atoms. The molecule has 1 heterocycles. The standard InChI is InChI=1S/C16H20FN3OS/c1-10(9-18)20(3)16(21)15-11(2)19-14(22-15)8-12-4-6-13(17)7-5-12/h4-7,10H,8-9,18H2,1-3H3. The van der Waals surface area contributed by atoms with E-state index in [2.05, 4.69) is 4.98 Å². The Kier molecular flexibility index (Phi) is 5.26. The van der Waals surface area contributed by atoms with E-state index in [1.807, 2.05) is 13.8 Å². The van der Waals surface area contributed by atoms with Gasteiger partial charge in [-0.05, 0) is 31.5 Å². The van der Waals surface area contributed by atoms with Crippen molar-refractivity contribution in [2.75, 3.05) is 13.6 Å². The SMILES string of the molecule is Cc1nc(Cc2ccc(F)cc2)sc1C(=O)N(C)C(C)CN. The van der Waals surface area contributed by atoms with Crippen LogP contribution in [-0.4, -0.2) is 35.4 Å². The molecular weight excluding hydrogens is 301 g/mol. The predicted octanol–water partition coefficient (Wildman–Crippen LogP) is 2.60. The van der Waals surface area contributed by atoms with Crippen molar-refractivity contribution in [1.82, 2.24) is 9.88 Å². The highest BCUT2D eigenvalue weighted by atomic mass is 32.1. The summed E-state index contributed by atoms with van der Waals surface area (Å²) in [5, 5.41) is 0.848. The zero-order valence-electron chi connectivity index (χ0n) is 13.0. The molecule has 6 heteroatoms. The first kappa shape index (κ1) is 16.6. The van der Waals surface area contributed by atoms with Crippen LogP contribution in [0.4, 0.5) is 4.39 Å². The molecule has 1 atom stereocenters. The van der Waals surface area contributed by atoms with E-state index >= 15 is 0 Å². The highest BCUT2D eigenvalue weighted by Crippen LogP contribution is 2.22. The van der Waals surface area contributed by atoms with Gasteiger partial charge in [-0.2, -0.15) is 0 Å². The number of hydrogen-bond donors (Lipinski definition) is 1. The van der Waals surface area contributed by atoms with Gasteiger partial charge < -0.3 is 10.6 Å². The summed E-state index contributed by atoms with van der Waals surface area (Å²) in [5.41, 5.74) is 7.31. The van der Waals surface area contributed by atoms with Crippen molar-refractivity contribution in [3.63, 3.8) is 0 Å². The number of aromatic nitrogens is 1. The lowest BCUT2D eigenvalue weighted by molar-refractivity contribution is 0.0752. The molecule has 0 aliphatic carbocycles. The van der Waals surface area contributed by atoms with Gasteiger partial charge in [-0.3, -0.25) is 4.79 Å². The fourth-order valence-corrected chi connectivity index (χ4v) is 3.10. The summed E-state index contributed by atoms with van der Waals surface area (Å²) >= 11 is 1.39. The van der Waals surface area contributed by atoms with E-state index in [9.17, 15) is 9.18 Å². The molecule has 1 aromatic heterocycles. The summed E-state index contributed by atoms with van der Waals surface area (Å²) < 4.78 is 12.9. The Bertz CT molecular complexity index is 654. The van der Waals surface area contributed by atoms with Gasteiger partial charge in [-0.15, -0.1) is 11.3 Å². The molecule has 2 aromatic rings. The average molecular weight is 321 g/mol. The van der Waals surface area contributed by atoms with E-state index in [-0.39, 0.29) is 17.8 Å². The quantitative estimate of drug-likeness (QED) is 0.921. The molecule has 22 heavy (non-hydrogen) atoms. The second kappa shape index (κ2) is 6.98. The fraction of sp³-hybridized carbons (Fsp3) is 0.375. The van der Waals surface area contributed by atoms with Crippen molar-refractivity contribution >= 4 is 17.2 Å². The van der Waals surface area contributed by atoms with Crippen molar-refractivity contribution in [1.29, 1.82) is 0 Å². The monoisotopic (exact) mass is 321 g/mol. The van der Waals surface area contributed by atoms with Crippen molar-refractivity contribution < 1.29 is 9.18 Å². The number of thiazole rings is 1. The number of hydrogen-bond acceptors (Lipinski definition) is 4. The Balaban J connectivity index is 2.17. The van der Waals surface area contributed by atoms with Crippen molar-refractivity contribution in [2.24, 2.45) is 5.73 Å². The summed E-state index contributed by atoms with van der Waals surface area (Å²) in [6.45, 7) is 4.16. The molecule has 0 aliphatic heterocycles. The maximum absolute atomic E-state index is 12.9. The van der Waals surface area contributed by atoms with Gasteiger partial charge in [-0.25, -0.2) is 9.37 Å². The van der Waals surface area contributed by atoms with Crippen LogP contribution in [0.5, 0.6) is 0 Å². The average Bonchev–Trinajstić information content (AvgIpc) is 2.87. The Morgan fingerprint density at radius 1 is 1.41 bits per heavy atom. The number of halogens is 1. The van der Waals surface area contributed by atoms with E-state index in [1.54, 1.807) is 24.1 Å². The first-order valence-corrected chi connectivity index (χ1v) is 7.92. The Labute approximate surface area is 133 Å². The summed E-state index contributed by atoms with van der Waals surface area (Å²) in [5.74, 6) is -0.314. The molecule has 2 rings (SSSR count). The number of benzene rings is 1. The smallest absolute Gasteiger partial charge is 0.265 e. The summed E-state index contributed by atoms with van der Waals surface area (Å²) in [6.07, 6.45) is 0.592. The number of rotatable bonds is 5. The van der Waals surface area contributed by atoms with Crippen LogP contribution >= 0.6 is 11.3 Å². The molecular formula is C16H20FN3OS. The van der Waals surface area contributed by atoms with Gasteiger partial charge >= 0.3 is 0 Å². The third-order valence-corrected chi connectivity index (χ3v) is 4.77. The largest absolute Gasteiger partial charge is 0.337 e. The van der Waals surface area contributed by atoms with E-state index in [0.717, 1.165) is 16.3 Å². The molecule has 0 bridgehead atoms. The van der Waals surface area contributed by atoms with Gasteiger partial charge in [0, 0.05) is 26.1 Å². The third-order valence-electron chi connectivity index (χ3n) is 3.63. The molecule has 0 saturated carbocycles. The van der Waals surface area contributed by atoms with Crippen LogP contribution in [0.3, 0.4) is 0 Å². The van der Waals surface area contributed by atoms with Gasteiger partial charge in [0.2, 0.25) is 0 Å². The Morgan fingerprint density at radius 2 is 2.05 bits per heavy atom. The van der Waals surface area contributed by atoms with Crippen LogP contribution in [0.25, 0.3) is 0 Å². The van der Waals surface area contributed by atoms with Crippen LogP contribution in [0.1, 0.15) is 32.9 Å². The van der Waals surface area contributed by atoms with Crippen LogP contribution in [-0.2, 0) is 6.42 Å². The van der Waals surface area contributed by atoms with Crippen LogP contribution in [0, 0.1) is 12.7 Å². The highest BCUT2D eigenvalue weighted by Gasteiger charge is 2.21. The number of likely N-dealkylation sites (N-methyl/N-ethyl adjacent to an activating group) is 1. The number of aryl methyl sites for hydroxylation is 1. The lowest BCUT2D eigenvalue weighted by Crippen LogP contribution is -2.39. The van der Waals surface area contributed by atoms with Gasteiger partial charge in [0.1, 0.15) is 10.7 Å². The van der Waals surface area contributed by atoms with Crippen molar-refractivity contribution in [2.45, 2.75) is 26.3 Å². The predicted molar refractivity (Wildman–Crippen MR) is 86.7 cm³/mol. The number of nitrogens with zero attached hydrogens (tertiary/aromatic N) is 2. The molecule has 1 aromatic carbocycles. The lowest BCUT2D eigenvalue weighted by Gasteiger charge is -2.23. The fourth-order valence-electron chi connectivity index (χ4n) is 2.02. The second-order valence-electron chi connectivity index (χ2n) is 5.33. The molecule has 0 fully saturated rings. The normalized spacial score (nSPS) is 12.2. The van der Waals surface area contributed by atoms with Gasteiger partial charge in [-0.1, -0.05) is 12.1 Å². The topological polar surface area (TPSA) is 59.2 Å². The zero-order chi connectivity index (χ0) is 16.3. The lowest BCUT2D eigenvalue weighted by atomic mass is 10.1. The number of carbonyl (C=O) groups is 1. The maximum atomic E-state index is 12.9. The highest BCUT2D eigenvalue weighted by molar-refractivity contribution is 7.13. The maximum Gasteiger partial charge on any atom is 0.265 e. The van der Waals surface area contributed by atoms with E-state index in [1.165, 1.54) is 23.5 Å². The van der Waals surface area contributed by atoms with Gasteiger partial charge in [0.15, 0.2) is 0 Å². The zero-order valence-corrected chi connectivity index (χ0v) is 13.8.